The quantitative estimate of drug-likeness (QED) is 0.913. The lowest BCUT2D eigenvalue weighted by Gasteiger charge is -2.23. The predicted octanol–water partition coefficient (Wildman–Crippen LogP) is 2.06. The summed E-state index contributed by atoms with van der Waals surface area (Å²) in [6.07, 6.45) is 0.722. The molecule has 1 atom stereocenters. The van der Waals surface area contributed by atoms with Crippen molar-refractivity contribution in [2.24, 2.45) is 5.14 Å². The van der Waals surface area contributed by atoms with Gasteiger partial charge in [-0.3, -0.25) is 4.79 Å². The first-order chi connectivity index (χ1) is 10.8. The number of primary sulfonamides is 1. The number of hydrogen-bond acceptors (Lipinski definition) is 3. The molecule has 3 rings (SSSR count). The SMILES string of the molecule is C[C@@H]1Cc2ccccc2N1C(=O)c1ccc(S(N)(=O)=O)c(F)c1. The number of nitrogens with two attached hydrogens (primary N) is 1. The lowest BCUT2D eigenvalue weighted by Crippen LogP contribution is -2.35. The van der Waals surface area contributed by atoms with E-state index in [1.54, 1.807) is 4.90 Å². The van der Waals surface area contributed by atoms with Crippen molar-refractivity contribution in [1.29, 1.82) is 0 Å². The Kier molecular flexibility index (Phi) is 3.69. The molecule has 0 radical (unpaired) electrons. The molecular formula is C16H15FN2O3S. The zero-order chi connectivity index (χ0) is 16.8. The van der Waals surface area contributed by atoms with Gasteiger partial charge in [-0.15, -0.1) is 0 Å². The average molecular weight is 334 g/mol. The first-order valence-electron chi connectivity index (χ1n) is 7.03. The molecular weight excluding hydrogens is 319 g/mol. The molecule has 0 bridgehead atoms. The molecule has 0 fully saturated rings. The van der Waals surface area contributed by atoms with Crippen LogP contribution in [0.2, 0.25) is 0 Å². The van der Waals surface area contributed by atoms with Crippen LogP contribution in [0.5, 0.6) is 0 Å². The average Bonchev–Trinajstić information content (AvgIpc) is 2.80. The third-order valence-electron chi connectivity index (χ3n) is 3.91. The van der Waals surface area contributed by atoms with Crippen molar-refractivity contribution >= 4 is 21.6 Å². The van der Waals surface area contributed by atoms with Crippen LogP contribution >= 0.6 is 0 Å². The Labute approximate surface area is 133 Å². The third-order valence-corrected chi connectivity index (χ3v) is 4.86. The second kappa shape index (κ2) is 5.43. The zero-order valence-corrected chi connectivity index (χ0v) is 13.2. The molecule has 1 aliphatic rings. The van der Waals surface area contributed by atoms with Gasteiger partial charge in [0.2, 0.25) is 10.0 Å². The van der Waals surface area contributed by atoms with E-state index < -0.39 is 20.7 Å². The van der Waals surface area contributed by atoms with Crippen LogP contribution in [0.25, 0.3) is 0 Å². The smallest absolute Gasteiger partial charge is 0.258 e. The van der Waals surface area contributed by atoms with Crippen LogP contribution in [0.3, 0.4) is 0 Å². The van der Waals surface area contributed by atoms with Gasteiger partial charge in [-0.1, -0.05) is 18.2 Å². The highest BCUT2D eigenvalue weighted by atomic mass is 32.2. The van der Waals surface area contributed by atoms with Crippen LogP contribution in [-0.2, 0) is 16.4 Å². The van der Waals surface area contributed by atoms with E-state index in [2.05, 4.69) is 0 Å². The van der Waals surface area contributed by atoms with Crippen LogP contribution in [0.15, 0.2) is 47.4 Å². The molecule has 0 saturated heterocycles. The van der Waals surface area contributed by atoms with E-state index in [9.17, 15) is 17.6 Å². The van der Waals surface area contributed by atoms with Crippen molar-refractivity contribution in [2.75, 3.05) is 4.90 Å². The third kappa shape index (κ3) is 2.73. The summed E-state index contributed by atoms with van der Waals surface area (Å²) in [4.78, 5) is 13.7. The van der Waals surface area contributed by atoms with Gasteiger partial charge in [0.15, 0.2) is 0 Å². The first-order valence-corrected chi connectivity index (χ1v) is 8.57. The van der Waals surface area contributed by atoms with Gasteiger partial charge in [0.25, 0.3) is 5.91 Å². The summed E-state index contributed by atoms with van der Waals surface area (Å²) >= 11 is 0. The number of sulfonamides is 1. The highest BCUT2D eigenvalue weighted by Gasteiger charge is 2.31. The van der Waals surface area contributed by atoms with E-state index in [1.165, 1.54) is 6.07 Å². The summed E-state index contributed by atoms with van der Waals surface area (Å²) < 4.78 is 36.5. The number of anilines is 1. The number of carbonyl (C=O) groups is 1. The highest BCUT2D eigenvalue weighted by Crippen LogP contribution is 2.33. The Morgan fingerprint density at radius 1 is 1.26 bits per heavy atom. The van der Waals surface area contributed by atoms with Crippen molar-refractivity contribution in [3.63, 3.8) is 0 Å². The van der Waals surface area contributed by atoms with E-state index in [4.69, 9.17) is 5.14 Å². The molecule has 2 N–H and O–H groups in total. The Bertz CT molecular complexity index is 896. The molecule has 120 valence electrons. The molecule has 1 amide bonds. The number of amides is 1. The maximum atomic E-state index is 14.0. The van der Waals surface area contributed by atoms with Crippen LogP contribution in [0.1, 0.15) is 22.8 Å². The van der Waals surface area contributed by atoms with Gasteiger partial charge >= 0.3 is 0 Å². The standard InChI is InChI=1S/C16H15FN2O3S/c1-10-8-11-4-2-3-5-14(11)19(10)16(20)12-6-7-15(13(17)9-12)23(18,21)22/h2-7,9-10H,8H2,1H3,(H2,18,21,22)/t10-/m1/s1. The number of carbonyl (C=O) groups excluding carboxylic acids is 1. The molecule has 0 unspecified atom stereocenters. The summed E-state index contributed by atoms with van der Waals surface area (Å²) in [6, 6.07) is 10.7. The Morgan fingerprint density at radius 2 is 1.96 bits per heavy atom. The summed E-state index contributed by atoms with van der Waals surface area (Å²) in [7, 11) is -4.15. The van der Waals surface area contributed by atoms with E-state index in [-0.39, 0.29) is 17.5 Å². The monoisotopic (exact) mass is 334 g/mol. The summed E-state index contributed by atoms with van der Waals surface area (Å²) in [6.45, 7) is 1.91. The lowest BCUT2D eigenvalue weighted by molar-refractivity contribution is 0.0981. The van der Waals surface area contributed by atoms with Gasteiger partial charge in [0.1, 0.15) is 10.7 Å². The molecule has 0 aliphatic carbocycles. The summed E-state index contributed by atoms with van der Waals surface area (Å²) in [5.41, 5.74) is 1.93. The fraction of sp³-hybridized carbons (Fsp3) is 0.188. The molecule has 0 aromatic heterocycles. The molecule has 7 heteroatoms. The fourth-order valence-electron chi connectivity index (χ4n) is 2.88. The van der Waals surface area contributed by atoms with Crippen molar-refractivity contribution in [3.8, 4) is 0 Å². The molecule has 2 aromatic carbocycles. The molecule has 5 nitrogen and oxygen atoms in total. The molecule has 0 saturated carbocycles. The van der Waals surface area contributed by atoms with Gasteiger partial charge in [0, 0.05) is 17.3 Å². The van der Waals surface area contributed by atoms with Crippen LogP contribution in [0.4, 0.5) is 10.1 Å². The predicted molar refractivity (Wildman–Crippen MR) is 84.2 cm³/mol. The molecule has 0 spiro atoms. The van der Waals surface area contributed by atoms with E-state index >= 15 is 0 Å². The van der Waals surface area contributed by atoms with Gasteiger partial charge in [-0.05, 0) is 43.2 Å². The maximum absolute atomic E-state index is 14.0. The Balaban J connectivity index is 2.00. The van der Waals surface area contributed by atoms with Crippen LogP contribution in [-0.4, -0.2) is 20.4 Å². The molecule has 1 aliphatic heterocycles. The Hall–Kier alpha value is -2.25. The number of para-hydroxylation sites is 1. The fourth-order valence-corrected chi connectivity index (χ4v) is 3.47. The van der Waals surface area contributed by atoms with Crippen LogP contribution < -0.4 is 10.0 Å². The second-order valence-electron chi connectivity index (χ2n) is 5.55. The number of rotatable bonds is 2. The molecule has 1 heterocycles. The van der Waals surface area contributed by atoms with E-state index in [1.807, 2.05) is 31.2 Å². The first kappa shape index (κ1) is 15.6. The van der Waals surface area contributed by atoms with Crippen molar-refractivity contribution in [1.82, 2.24) is 0 Å². The van der Waals surface area contributed by atoms with Gasteiger partial charge in [-0.2, -0.15) is 0 Å². The molecule has 23 heavy (non-hydrogen) atoms. The highest BCUT2D eigenvalue weighted by molar-refractivity contribution is 7.89. The minimum absolute atomic E-state index is 0.0547. The maximum Gasteiger partial charge on any atom is 0.258 e. The van der Waals surface area contributed by atoms with Gasteiger partial charge in [-0.25, -0.2) is 17.9 Å². The summed E-state index contributed by atoms with van der Waals surface area (Å²) in [5, 5.41) is 4.93. The zero-order valence-electron chi connectivity index (χ0n) is 12.4. The normalized spacial score (nSPS) is 17.2. The minimum Gasteiger partial charge on any atom is -0.305 e. The van der Waals surface area contributed by atoms with Gasteiger partial charge < -0.3 is 4.90 Å². The van der Waals surface area contributed by atoms with Gasteiger partial charge in [0.05, 0.1) is 0 Å². The number of halogens is 1. The van der Waals surface area contributed by atoms with Crippen molar-refractivity contribution in [2.45, 2.75) is 24.3 Å². The minimum atomic E-state index is -4.15. The number of hydrogen-bond donors (Lipinski definition) is 1. The number of benzene rings is 2. The number of nitrogens with zero attached hydrogens (tertiary/aromatic N) is 1. The Morgan fingerprint density at radius 3 is 2.61 bits per heavy atom. The topological polar surface area (TPSA) is 80.5 Å². The second-order valence-corrected chi connectivity index (χ2v) is 7.08. The van der Waals surface area contributed by atoms with Crippen molar-refractivity contribution < 1.29 is 17.6 Å². The van der Waals surface area contributed by atoms with Crippen molar-refractivity contribution in [3.05, 3.63) is 59.4 Å². The largest absolute Gasteiger partial charge is 0.305 e. The number of fused-ring (bicyclic) bond motifs is 1. The lowest BCUT2D eigenvalue weighted by atomic mass is 10.1. The molecule has 2 aromatic rings. The van der Waals surface area contributed by atoms with E-state index in [0.29, 0.717) is 0 Å². The summed E-state index contributed by atoms with van der Waals surface area (Å²) in [5.74, 6) is -1.40. The van der Waals surface area contributed by atoms with Crippen LogP contribution in [0, 0.1) is 5.82 Å². The van der Waals surface area contributed by atoms with E-state index in [0.717, 1.165) is 29.8 Å².